The number of hydrogen-bond acceptors (Lipinski definition) is 4. The Bertz CT molecular complexity index is 613. The number of carbonyl (C=O) groups excluding carboxylic acids is 1. The fourth-order valence-corrected chi connectivity index (χ4v) is 2.59. The lowest BCUT2D eigenvalue weighted by atomic mass is 10.3. The summed E-state index contributed by atoms with van der Waals surface area (Å²) in [4.78, 5) is 20.6. The van der Waals surface area contributed by atoms with Crippen molar-refractivity contribution in [1.82, 2.24) is 15.3 Å². The van der Waals surface area contributed by atoms with Gasteiger partial charge in [0.05, 0.1) is 12.2 Å². The standard InChI is InChI=1S/C12H10Cl2FN3OS/c1-7-9(10(19)17-6-12(13,14)15)20-11(18-7)8-3-2-4-16-5-8/h2-5H,6H2,1H3,(H,17,19). The topological polar surface area (TPSA) is 54.9 Å². The number of hydrogen-bond donors (Lipinski definition) is 1. The maximum absolute atomic E-state index is 12.9. The van der Waals surface area contributed by atoms with E-state index in [1.807, 2.05) is 6.07 Å². The first kappa shape index (κ1) is 15.2. The Balaban J connectivity index is 2.18. The summed E-state index contributed by atoms with van der Waals surface area (Å²) < 4.78 is 10.4. The number of halogens is 3. The molecule has 0 bridgehead atoms. The number of pyridine rings is 1. The summed E-state index contributed by atoms with van der Waals surface area (Å²) in [6.07, 6.45) is 3.31. The molecule has 2 heterocycles. The van der Waals surface area contributed by atoms with Crippen LogP contribution in [-0.4, -0.2) is 27.0 Å². The van der Waals surface area contributed by atoms with E-state index < -0.39 is 17.0 Å². The predicted molar refractivity (Wildman–Crippen MR) is 78.0 cm³/mol. The van der Waals surface area contributed by atoms with E-state index in [0.717, 1.165) is 5.56 Å². The summed E-state index contributed by atoms with van der Waals surface area (Å²) in [6.45, 7) is 1.21. The quantitative estimate of drug-likeness (QED) is 0.873. The molecule has 8 heteroatoms. The van der Waals surface area contributed by atoms with Crippen molar-refractivity contribution in [2.75, 3.05) is 6.54 Å². The summed E-state index contributed by atoms with van der Waals surface area (Å²) in [5.74, 6) is -0.460. The average Bonchev–Trinajstić information content (AvgIpc) is 2.78. The fraction of sp³-hybridized carbons (Fsp3) is 0.250. The number of rotatable bonds is 4. The molecule has 4 nitrogen and oxygen atoms in total. The Morgan fingerprint density at radius 3 is 2.90 bits per heavy atom. The van der Waals surface area contributed by atoms with Crippen molar-refractivity contribution in [3.05, 3.63) is 35.1 Å². The summed E-state index contributed by atoms with van der Waals surface area (Å²) in [5, 5.41) is 2.99. The molecule has 20 heavy (non-hydrogen) atoms. The lowest BCUT2D eigenvalue weighted by Gasteiger charge is -2.09. The molecule has 106 valence electrons. The van der Waals surface area contributed by atoms with Gasteiger partial charge < -0.3 is 5.32 Å². The van der Waals surface area contributed by atoms with E-state index >= 15 is 0 Å². The minimum atomic E-state index is -2.49. The third-order valence-electron chi connectivity index (χ3n) is 2.36. The lowest BCUT2D eigenvalue weighted by molar-refractivity contribution is 0.0948. The van der Waals surface area contributed by atoms with E-state index in [0.29, 0.717) is 15.6 Å². The van der Waals surface area contributed by atoms with Crippen LogP contribution in [0.4, 0.5) is 4.39 Å². The van der Waals surface area contributed by atoms with E-state index in [2.05, 4.69) is 15.3 Å². The molecule has 0 saturated carbocycles. The molecule has 1 amide bonds. The zero-order chi connectivity index (χ0) is 14.8. The third kappa shape index (κ3) is 3.88. The second-order valence-corrected chi connectivity index (χ2v) is 6.36. The highest BCUT2D eigenvalue weighted by molar-refractivity contribution is 7.17. The monoisotopic (exact) mass is 333 g/mol. The molecule has 1 N–H and O–H groups in total. The predicted octanol–water partition coefficient (Wildman–Crippen LogP) is 3.34. The molecule has 0 fully saturated rings. The first-order valence-electron chi connectivity index (χ1n) is 5.59. The smallest absolute Gasteiger partial charge is 0.274 e. The second kappa shape index (κ2) is 6.03. The van der Waals surface area contributed by atoms with Crippen LogP contribution in [0.3, 0.4) is 0 Å². The SMILES string of the molecule is Cc1nc(-c2cccnc2)sc1C(=O)NCC(F)(Cl)Cl. The van der Waals surface area contributed by atoms with Gasteiger partial charge in [-0.3, -0.25) is 9.78 Å². The van der Waals surface area contributed by atoms with E-state index in [4.69, 9.17) is 23.2 Å². The molecule has 2 rings (SSSR count). The van der Waals surface area contributed by atoms with Gasteiger partial charge in [0, 0.05) is 18.0 Å². The Labute approximate surface area is 129 Å². The number of aromatic nitrogens is 2. The van der Waals surface area contributed by atoms with Gasteiger partial charge >= 0.3 is 0 Å². The summed E-state index contributed by atoms with van der Waals surface area (Å²) in [7, 11) is 0. The molecule has 0 atom stereocenters. The highest BCUT2D eigenvalue weighted by Gasteiger charge is 2.24. The highest BCUT2D eigenvalue weighted by Crippen LogP contribution is 2.27. The van der Waals surface area contributed by atoms with Crippen molar-refractivity contribution in [1.29, 1.82) is 0 Å². The molecular formula is C12H10Cl2FN3OS. The number of alkyl halides is 3. The Morgan fingerprint density at radius 1 is 1.55 bits per heavy atom. The van der Waals surface area contributed by atoms with Gasteiger partial charge in [-0.2, -0.15) is 0 Å². The molecule has 0 aromatic carbocycles. The average molecular weight is 334 g/mol. The normalized spacial score (nSPS) is 11.4. The van der Waals surface area contributed by atoms with Crippen LogP contribution in [0.25, 0.3) is 10.6 Å². The van der Waals surface area contributed by atoms with Gasteiger partial charge in [0.15, 0.2) is 0 Å². The van der Waals surface area contributed by atoms with Crippen molar-refractivity contribution in [3.63, 3.8) is 0 Å². The molecule has 0 saturated heterocycles. The van der Waals surface area contributed by atoms with E-state index in [9.17, 15) is 9.18 Å². The summed E-state index contributed by atoms with van der Waals surface area (Å²) in [6, 6.07) is 3.63. The maximum atomic E-state index is 12.9. The van der Waals surface area contributed by atoms with Crippen LogP contribution < -0.4 is 5.32 Å². The lowest BCUT2D eigenvalue weighted by Crippen LogP contribution is -2.32. The van der Waals surface area contributed by atoms with Crippen molar-refractivity contribution in [3.8, 4) is 10.6 Å². The van der Waals surface area contributed by atoms with Crippen LogP contribution in [0, 0.1) is 6.92 Å². The van der Waals surface area contributed by atoms with Crippen LogP contribution in [0.5, 0.6) is 0 Å². The van der Waals surface area contributed by atoms with Crippen molar-refractivity contribution in [2.24, 2.45) is 0 Å². The number of amides is 1. The zero-order valence-corrected chi connectivity index (χ0v) is 12.7. The van der Waals surface area contributed by atoms with Gasteiger partial charge in [0.25, 0.3) is 10.5 Å². The number of aryl methyl sites for hydroxylation is 1. The second-order valence-electron chi connectivity index (χ2n) is 3.97. The van der Waals surface area contributed by atoms with Crippen molar-refractivity contribution < 1.29 is 9.18 Å². The van der Waals surface area contributed by atoms with E-state index in [1.165, 1.54) is 11.3 Å². The Hall–Kier alpha value is -1.24. The van der Waals surface area contributed by atoms with Gasteiger partial charge in [-0.15, -0.1) is 11.3 Å². The number of nitrogens with zero attached hydrogens (tertiary/aromatic N) is 2. The minimum Gasteiger partial charge on any atom is -0.345 e. The molecule has 0 spiro atoms. The van der Waals surface area contributed by atoms with Crippen LogP contribution in [0.15, 0.2) is 24.5 Å². The molecule has 0 aliphatic carbocycles. The largest absolute Gasteiger partial charge is 0.345 e. The Morgan fingerprint density at radius 2 is 2.30 bits per heavy atom. The molecule has 0 unspecified atom stereocenters. The van der Waals surface area contributed by atoms with Crippen LogP contribution >= 0.6 is 34.5 Å². The Kier molecular flexibility index (Phi) is 4.57. The van der Waals surface area contributed by atoms with E-state index in [1.54, 1.807) is 25.4 Å². The molecule has 2 aromatic heterocycles. The molecular weight excluding hydrogens is 324 g/mol. The zero-order valence-electron chi connectivity index (χ0n) is 10.4. The maximum Gasteiger partial charge on any atom is 0.274 e. The molecule has 0 aliphatic rings. The van der Waals surface area contributed by atoms with Gasteiger partial charge in [-0.1, -0.05) is 23.2 Å². The van der Waals surface area contributed by atoms with Gasteiger partial charge in [-0.05, 0) is 19.1 Å². The number of carbonyl (C=O) groups is 1. The summed E-state index contributed by atoms with van der Waals surface area (Å²) in [5.41, 5.74) is 1.37. The first-order chi connectivity index (χ1) is 9.37. The summed E-state index contributed by atoms with van der Waals surface area (Å²) >= 11 is 11.5. The third-order valence-corrected chi connectivity index (χ3v) is 3.83. The van der Waals surface area contributed by atoms with Gasteiger partial charge in [0.2, 0.25) is 0 Å². The van der Waals surface area contributed by atoms with Crippen LogP contribution in [0.2, 0.25) is 0 Å². The molecule has 2 aromatic rings. The molecule has 0 aliphatic heterocycles. The fourth-order valence-electron chi connectivity index (χ4n) is 1.48. The van der Waals surface area contributed by atoms with Gasteiger partial charge in [-0.25, -0.2) is 9.37 Å². The van der Waals surface area contributed by atoms with Crippen molar-refractivity contribution in [2.45, 2.75) is 11.5 Å². The van der Waals surface area contributed by atoms with Crippen molar-refractivity contribution >= 4 is 40.4 Å². The number of nitrogens with one attached hydrogen (secondary N) is 1. The van der Waals surface area contributed by atoms with Crippen LogP contribution in [0.1, 0.15) is 15.4 Å². The van der Waals surface area contributed by atoms with Gasteiger partial charge in [0.1, 0.15) is 9.88 Å². The number of thiazole rings is 1. The first-order valence-corrected chi connectivity index (χ1v) is 7.17. The van der Waals surface area contributed by atoms with Crippen LogP contribution in [-0.2, 0) is 0 Å². The van der Waals surface area contributed by atoms with E-state index in [-0.39, 0.29) is 0 Å². The highest BCUT2D eigenvalue weighted by atomic mass is 35.5. The minimum absolute atomic E-state index is 0.390. The molecule has 0 radical (unpaired) electrons.